The van der Waals surface area contributed by atoms with Gasteiger partial charge < -0.3 is 14.7 Å². The number of methoxy groups -OCH3 is 1. The fourth-order valence-electron chi connectivity index (χ4n) is 2.31. The predicted molar refractivity (Wildman–Crippen MR) is 80.0 cm³/mol. The van der Waals surface area contributed by atoms with Gasteiger partial charge in [0, 0.05) is 37.2 Å². The molecular formula is C16H20N2O2. The Bertz CT molecular complexity index is 556. The Kier molecular flexibility index (Phi) is 4.58. The largest absolute Gasteiger partial charge is 0.496 e. The van der Waals surface area contributed by atoms with Gasteiger partial charge in [-0.3, -0.25) is 4.98 Å². The topological polar surface area (TPSA) is 45.6 Å². The Balaban J connectivity index is 2.32. The van der Waals surface area contributed by atoms with Crippen molar-refractivity contribution in [3.63, 3.8) is 0 Å². The van der Waals surface area contributed by atoms with Crippen LogP contribution in [0.25, 0.3) is 0 Å². The minimum absolute atomic E-state index is 0.582. The first-order valence-electron chi connectivity index (χ1n) is 6.58. The van der Waals surface area contributed by atoms with Crippen LogP contribution in [0.5, 0.6) is 5.75 Å². The van der Waals surface area contributed by atoms with Gasteiger partial charge >= 0.3 is 0 Å². The molecule has 2 aromatic rings. The highest BCUT2D eigenvalue weighted by Gasteiger charge is 2.16. The van der Waals surface area contributed by atoms with Gasteiger partial charge in [0.05, 0.1) is 13.2 Å². The summed E-state index contributed by atoms with van der Waals surface area (Å²) in [6.45, 7) is 2.50. The highest BCUT2D eigenvalue weighted by atomic mass is 16.5. The highest BCUT2D eigenvalue weighted by Crippen LogP contribution is 2.34. The third kappa shape index (κ3) is 3.08. The summed E-state index contributed by atoms with van der Waals surface area (Å²) in [6.07, 6.45) is 2.98. The summed E-state index contributed by atoms with van der Waals surface area (Å²) < 4.78 is 5.35. The van der Waals surface area contributed by atoms with E-state index in [-0.39, 0.29) is 0 Å². The lowest BCUT2D eigenvalue weighted by Crippen LogP contribution is -2.19. The normalized spacial score (nSPS) is 12.0. The Morgan fingerprint density at radius 2 is 1.95 bits per heavy atom. The van der Waals surface area contributed by atoms with Crippen molar-refractivity contribution in [1.29, 1.82) is 0 Å². The number of aliphatic hydroxyl groups excluding tert-OH is 1. The molecule has 20 heavy (non-hydrogen) atoms. The molecule has 4 heteroatoms. The van der Waals surface area contributed by atoms with Crippen molar-refractivity contribution >= 4 is 5.69 Å². The molecule has 0 fully saturated rings. The van der Waals surface area contributed by atoms with Crippen LogP contribution in [0.2, 0.25) is 0 Å². The molecule has 106 valence electrons. The Morgan fingerprint density at radius 1 is 1.25 bits per heavy atom. The molecule has 0 aliphatic heterocycles. The van der Waals surface area contributed by atoms with E-state index < -0.39 is 6.10 Å². The molecule has 0 bridgehead atoms. The smallest absolute Gasteiger partial charge is 0.126 e. The molecule has 0 unspecified atom stereocenters. The van der Waals surface area contributed by atoms with Gasteiger partial charge in [-0.05, 0) is 36.8 Å². The van der Waals surface area contributed by atoms with Crippen LogP contribution in [0.15, 0.2) is 42.7 Å². The first-order chi connectivity index (χ1) is 9.63. The number of ether oxygens (including phenoxy) is 1. The lowest BCUT2D eigenvalue weighted by Gasteiger charge is -2.25. The number of aromatic nitrogens is 1. The summed E-state index contributed by atoms with van der Waals surface area (Å²) in [5.74, 6) is 0.707. The maximum absolute atomic E-state index is 10.0. The van der Waals surface area contributed by atoms with Crippen LogP contribution in [-0.2, 0) is 6.54 Å². The first-order valence-corrected chi connectivity index (χ1v) is 6.58. The Hall–Kier alpha value is -2.07. The zero-order valence-electron chi connectivity index (χ0n) is 12.1. The maximum Gasteiger partial charge on any atom is 0.126 e. The summed E-state index contributed by atoms with van der Waals surface area (Å²) in [5, 5.41) is 10.0. The van der Waals surface area contributed by atoms with Gasteiger partial charge in [0.15, 0.2) is 0 Å². The van der Waals surface area contributed by atoms with E-state index in [1.165, 1.54) is 5.56 Å². The number of pyridine rings is 1. The molecule has 1 N–H and O–H groups in total. The zero-order chi connectivity index (χ0) is 14.5. The molecule has 1 aromatic carbocycles. The van der Waals surface area contributed by atoms with Crippen LogP contribution in [0.3, 0.4) is 0 Å². The van der Waals surface area contributed by atoms with Crippen molar-refractivity contribution in [3.05, 3.63) is 53.9 Å². The number of nitrogens with zero attached hydrogens (tertiary/aromatic N) is 2. The molecule has 4 nitrogen and oxygen atoms in total. The van der Waals surface area contributed by atoms with Crippen LogP contribution in [0, 0.1) is 0 Å². The SMILES string of the molecule is COc1cccc(N(C)Cc2ccncc2)c1[C@H](C)O. The van der Waals surface area contributed by atoms with E-state index in [1.807, 2.05) is 37.4 Å². The molecule has 1 heterocycles. The van der Waals surface area contributed by atoms with E-state index in [2.05, 4.69) is 9.88 Å². The fraction of sp³-hybridized carbons (Fsp3) is 0.312. The van der Waals surface area contributed by atoms with Gasteiger partial charge in [-0.25, -0.2) is 0 Å². The van der Waals surface area contributed by atoms with E-state index in [1.54, 1.807) is 26.4 Å². The number of aliphatic hydroxyl groups is 1. The van der Waals surface area contributed by atoms with E-state index in [0.717, 1.165) is 17.8 Å². The highest BCUT2D eigenvalue weighted by molar-refractivity contribution is 5.60. The van der Waals surface area contributed by atoms with Crippen molar-refractivity contribution in [2.24, 2.45) is 0 Å². The lowest BCUT2D eigenvalue weighted by atomic mass is 10.1. The van der Waals surface area contributed by atoms with Crippen LogP contribution in [-0.4, -0.2) is 24.2 Å². The zero-order valence-corrected chi connectivity index (χ0v) is 12.1. The molecule has 0 saturated heterocycles. The first kappa shape index (κ1) is 14.3. The Morgan fingerprint density at radius 3 is 2.55 bits per heavy atom. The van der Waals surface area contributed by atoms with Crippen molar-refractivity contribution in [2.75, 3.05) is 19.1 Å². The average molecular weight is 272 g/mol. The van der Waals surface area contributed by atoms with E-state index in [0.29, 0.717) is 5.75 Å². The molecule has 0 aliphatic carbocycles. The van der Waals surface area contributed by atoms with Crippen molar-refractivity contribution < 1.29 is 9.84 Å². The fourth-order valence-corrected chi connectivity index (χ4v) is 2.31. The Labute approximate surface area is 119 Å². The number of benzene rings is 1. The molecule has 0 spiro atoms. The summed E-state index contributed by atoms with van der Waals surface area (Å²) in [6, 6.07) is 9.76. The third-order valence-corrected chi connectivity index (χ3v) is 3.26. The molecule has 1 aromatic heterocycles. The van der Waals surface area contributed by atoms with Crippen LogP contribution in [0.4, 0.5) is 5.69 Å². The second-order valence-corrected chi connectivity index (χ2v) is 4.78. The standard InChI is InChI=1S/C16H20N2O2/c1-12(19)16-14(5-4-6-15(16)20-3)18(2)11-13-7-9-17-10-8-13/h4-10,12,19H,11H2,1-3H3/t12-/m0/s1. The molecule has 0 saturated carbocycles. The van der Waals surface area contributed by atoms with Gasteiger partial charge in [-0.2, -0.15) is 0 Å². The number of hydrogen-bond donors (Lipinski definition) is 1. The van der Waals surface area contributed by atoms with Crippen LogP contribution >= 0.6 is 0 Å². The molecule has 0 amide bonds. The molecule has 2 rings (SSSR count). The van der Waals surface area contributed by atoms with Gasteiger partial charge in [0.1, 0.15) is 5.75 Å². The second kappa shape index (κ2) is 6.39. The second-order valence-electron chi connectivity index (χ2n) is 4.78. The van der Waals surface area contributed by atoms with Gasteiger partial charge in [-0.1, -0.05) is 6.07 Å². The molecular weight excluding hydrogens is 252 g/mol. The average Bonchev–Trinajstić information content (AvgIpc) is 2.47. The quantitative estimate of drug-likeness (QED) is 0.909. The maximum atomic E-state index is 10.0. The monoisotopic (exact) mass is 272 g/mol. The van der Waals surface area contributed by atoms with Gasteiger partial charge in [0.25, 0.3) is 0 Å². The van der Waals surface area contributed by atoms with Crippen LogP contribution in [0.1, 0.15) is 24.2 Å². The van der Waals surface area contributed by atoms with E-state index >= 15 is 0 Å². The van der Waals surface area contributed by atoms with Crippen molar-refractivity contribution in [2.45, 2.75) is 19.6 Å². The molecule has 1 atom stereocenters. The predicted octanol–water partition coefficient (Wildman–Crippen LogP) is 2.78. The third-order valence-electron chi connectivity index (χ3n) is 3.26. The number of anilines is 1. The minimum atomic E-state index is -0.582. The summed E-state index contributed by atoms with van der Waals surface area (Å²) >= 11 is 0. The molecule has 0 radical (unpaired) electrons. The van der Waals surface area contributed by atoms with E-state index in [9.17, 15) is 5.11 Å². The lowest BCUT2D eigenvalue weighted by molar-refractivity contribution is 0.194. The van der Waals surface area contributed by atoms with Crippen molar-refractivity contribution in [1.82, 2.24) is 4.98 Å². The van der Waals surface area contributed by atoms with Gasteiger partial charge in [0.2, 0.25) is 0 Å². The summed E-state index contributed by atoms with van der Waals surface area (Å²) in [7, 11) is 3.62. The van der Waals surface area contributed by atoms with E-state index in [4.69, 9.17) is 4.74 Å². The number of hydrogen-bond acceptors (Lipinski definition) is 4. The summed E-state index contributed by atoms with van der Waals surface area (Å²) in [4.78, 5) is 6.12. The molecule has 0 aliphatic rings. The summed E-state index contributed by atoms with van der Waals surface area (Å²) in [5.41, 5.74) is 2.95. The van der Waals surface area contributed by atoms with Gasteiger partial charge in [-0.15, -0.1) is 0 Å². The minimum Gasteiger partial charge on any atom is -0.496 e. The number of rotatable bonds is 5. The van der Waals surface area contributed by atoms with Crippen LogP contribution < -0.4 is 9.64 Å². The van der Waals surface area contributed by atoms with Crippen molar-refractivity contribution in [3.8, 4) is 5.75 Å².